The van der Waals surface area contributed by atoms with Crippen molar-refractivity contribution in [3.8, 4) is 5.75 Å². The zero-order valence-corrected chi connectivity index (χ0v) is 13.4. The molecule has 6 heteroatoms. The van der Waals surface area contributed by atoms with Gasteiger partial charge in [0.15, 0.2) is 0 Å². The third-order valence-corrected chi connectivity index (χ3v) is 3.74. The Balaban J connectivity index is 2.02. The molecule has 0 unspecified atom stereocenters. The maximum atomic E-state index is 12.1. The Morgan fingerprint density at radius 2 is 1.95 bits per heavy atom. The van der Waals surface area contributed by atoms with Crippen LogP contribution in [0.4, 0.5) is 5.69 Å². The summed E-state index contributed by atoms with van der Waals surface area (Å²) in [5.74, 6) is -0.138. The highest BCUT2D eigenvalue weighted by molar-refractivity contribution is 9.10. The average Bonchev–Trinajstić information content (AvgIpc) is 2.45. The molecule has 0 spiro atoms. The van der Waals surface area contributed by atoms with Gasteiger partial charge in [0.05, 0.1) is 16.8 Å². The number of halogens is 2. The Bertz CT molecular complexity index is 647. The Labute approximate surface area is 136 Å². The lowest BCUT2D eigenvalue weighted by Gasteiger charge is -2.13. The van der Waals surface area contributed by atoms with Crippen LogP contribution < -0.4 is 11.1 Å². The van der Waals surface area contributed by atoms with Gasteiger partial charge in [-0.25, -0.2) is 0 Å². The van der Waals surface area contributed by atoms with E-state index in [4.69, 9.17) is 17.3 Å². The number of anilines is 1. The van der Waals surface area contributed by atoms with Gasteiger partial charge in [0.25, 0.3) is 0 Å². The molecule has 0 saturated heterocycles. The fourth-order valence-corrected chi connectivity index (χ4v) is 2.32. The third-order valence-electron chi connectivity index (χ3n) is 2.92. The van der Waals surface area contributed by atoms with E-state index in [9.17, 15) is 9.90 Å². The molecule has 2 aromatic rings. The van der Waals surface area contributed by atoms with Crippen LogP contribution in [0.15, 0.2) is 46.9 Å². The summed E-state index contributed by atoms with van der Waals surface area (Å²) in [7, 11) is 0. The van der Waals surface area contributed by atoms with Crippen LogP contribution in [0.25, 0.3) is 0 Å². The van der Waals surface area contributed by atoms with Gasteiger partial charge < -0.3 is 16.2 Å². The molecule has 0 aliphatic rings. The number of hydrogen-bond donors (Lipinski definition) is 3. The molecule has 0 heterocycles. The molecule has 4 nitrogen and oxygen atoms in total. The lowest BCUT2D eigenvalue weighted by Crippen LogP contribution is -2.37. The minimum Gasteiger partial charge on any atom is -0.508 e. The van der Waals surface area contributed by atoms with Crippen LogP contribution in [0.3, 0.4) is 0 Å². The van der Waals surface area contributed by atoms with Crippen LogP contribution in [-0.2, 0) is 11.2 Å². The molecule has 0 aromatic heterocycles. The van der Waals surface area contributed by atoms with Crippen molar-refractivity contribution in [1.29, 1.82) is 0 Å². The lowest BCUT2D eigenvalue weighted by molar-refractivity contribution is -0.117. The van der Waals surface area contributed by atoms with Crippen molar-refractivity contribution in [2.75, 3.05) is 5.32 Å². The van der Waals surface area contributed by atoms with E-state index >= 15 is 0 Å². The number of benzene rings is 2. The van der Waals surface area contributed by atoms with Gasteiger partial charge in [0.2, 0.25) is 5.91 Å². The third kappa shape index (κ3) is 4.46. The van der Waals surface area contributed by atoms with Crippen LogP contribution in [-0.4, -0.2) is 17.1 Å². The Hall–Kier alpha value is -1.56. The number of phenols is 1. The second-order valence-electron chi connectivity index (χ2n) is 4.59. The maximum absolute atomic E-state index is 12.1. The number of nitrogens with two attached hydrogens (primary N) is 1. The van der Waals surface area contributed by atoms with Crippen LogP contribution in [0.5, 0.6) is 5.75 Å². The van der Waals surface area contributed by atoms with Crippen molar-refractivity contribution in [2.24, 2.45) is 5.73 Å². The molecule has 0 radical (unpaired) electrons. The molecule has 110 valence electrons. The van der Waals surface area contributed by atoms with Crippen molar-refractivity contribution in [3.05, 3.63) is 57.5 Å². The predicted molar refractivity (Wildman–Crippen MR) is 87.6 cm³/mol. The Morgan fingerprint density at radius 1 is 1.29 bits per heavy atom. The molecule has 2 aromatic carbocycles. The highest BCUT2D eigenvalue weighted by atomic mass is 79.9. The van der Waals surface area contributed by atoms with Gasteiger partial charge in [0, 0.05) is 4.47 Å². The van der Waals surface area contributed by atoms with E-state index in [-0.39, 0.29) is 11.7 Å². The van der Waals surface area contributed by atoms with Crippen molar-refractivity contribution in [1.82, 2.24) is 0 Å². The van der Waals surface area contributed by atoms with Crippen LogP contribution in [0.2, 0.25) is 5.02 Å². The largest absolute Gasteiger partial charge is 0.508 e. The Kier molecular flexibility index (Phi) is 5.22. The van der Waals surface area contributed by atoms with Gasteiger partial charge in [-0.1, -0.05) is 39.7 Å². The number of carbonyl (C=O) groups is 1. The van der Waals surface area contributed by atoms with E-state index in [1.807, 2.05) is 0 Å². The summed E-state index contributed by atoms with van der Waals surface area (Å²) in [6, 6.07) is 11.1. The fourth-order valence-electron chi connectivity index (χ4n) is 1.80. The summed E-state index contributed by atoms with van der Waals surface area (Å²) in [6.07, 6.45) is 0.373. The van der Waals surface area contributed by atoms with Crippen molar-refractivity contribution >= 4 is 39.1 Å². The SMILES string of the molecule is N[C@H](Cc1ccc(O)cc1)C(=O)Nc1cc(Br)ccc1Cl. The quantitative estimate of drug-likeness (QED) is 0.774. The van der Waals surface area contributed by atoms with E-state index in [1.54, 1.807) is 42.5 Å². The van der Waals surface area contributed by atoms with E-state index in [0.717, 1.165) is 10.0 Å². The van der Waals surface area contributed by atoms with E-state index < -0.39 is 6.04 Å². The molecular formula is C15H14BrClN2O2. The minimum absolute atomic E-state index is 0.178. The zero-order valence-electron chi connectivity index (χ0n) is 11.0. The Morgan fingerprint density at radius 3 is 2.62 bits per heavy atom. The maximum Gasteiger partial charge on any atom is 0.241 e. The first-order chi connectivity index (χ1) is 9.95. The predicted octanol–water partition coefficient (Wildman–Crippen LogP) is 3.32. The topological polar surface area (TPSA) is 75.3 Å². The second kappa shape index (κ2) is 6.93. The van der Waals surface area contributed by atoms with Gasteiger partial charge in [-0.3, -0.25) is 4.79 Å². The van der Waals surface area contributed by atoms with Crippen molar-refractivity contribution in [3.63, 3.8) is 0 Å². The molecule has 2 rings (SSSR count). The average molecular weight is 370 g/mol. The molecule has 1 amide bonds. The number of rotatable bonds is 4. The van der Waals surface area contributed by atoms with Crippen LogP contribution in [0.1, 0.15) is 5.56 Å². The molecule has 1 atom stereocenters. The van der Waals surface area contributed by atoms with Gasteiger partial charge >= 0.3 is 0 Å². The van der Waals surface area contributed by atoms with Crippen LogP contribution >= 0.6 is 27.5 Å². The van der Waals surface area contributed by atoms with E-state index in [0.29, 0.717) is 17.1 Å². The minimum atomic E-state index is -0.704. The number of aromatic hydroxyl groups is 1. The number of hydrogen-bond acceptors (Lipinski definition) is 3. The molecule has 4 N–H and O–H groups in total. The first kappa shape index (κ1) is 15.8. The molecule has 21 heavy (non-hydrogen) atoms. The van der Waals surface area contributed by atoms with Gasteiger partial charge in [-0.15, -0.1) is 0 Å². The number of nitrogens with one attached hydrogen (secondary N) is 1. The van der Waals surface area contributed by atoms with Gasteiger partial charge in [-0.2, -0.15) is 0 Å². The van der Waals surface area contributed by atoms with Crippen molar-refractivity contribution < 1.29 is 9.90 Å². The molecule has 0 bridgehead atoms. The molecule has 0 aliphatic heterocycles. The monoisotopic (exact) mass is 368 g/mol. The van der Waals surface area contributed by atoms with Gasteiger partial charge in [-0.05, 0) is 42.3 Å². The highest BCUT2D eigenvalue weighted by Crippen LogP contribution is 2.25. The van der Waals surface area contributed by atoms with Gasteiger partial charge in [0.1, 0.15) is 5.75 Å². The summed E-state index contributed by atoms with van der Waals surface area (Å²) in [5.41, 5.74) is 7.28. The lowest BCUT2D eigenvalue weighted by atomic mass is 10.1. The highest BCUT2D eigenvalue weighted by Gasteiger charge is 2.15. The normalized spacial score (nSPS) is 12.0. The number of carbonyl (C=O) groups excluding carboxylic acids is 1. The van der Waals surface area contributed by atoms with E-state index in [2.05, 4.69) is 21.2 Å². The summed E-state index contributed by atoms with van der Waals surface area (Å²) in [6.45, 7) is 0. The number of phenolic OH excluding ortho intramolecular Hbond substituents is 1. The molecule has 0 aliphatic carbocycles. The first-order valence-corrected chi connectivity index (χ1v) is 7.42. The molecular weight excluding hydrogens is 356 g/mol. The number of amides is 1. The summed E-state index contributed by atoms with van der Waals surface area (Å²) < 4.78 is 0.814. The smallest absolute Gasteiger partial charge is 0.241 e. The summed E-state index contributed by atoms with van der Waals surface area (Å²) >= 11 is 9.34. The summed E-state index contributed by atoms with van der Waals surface area (Å²) in [4.78, 5) is 12.1. The first-order valence-electron chi connectivity index (χ1n) is 6.25. The molecule has 0 fully saturated rings. The summed E-state index contributed by atoms with van der Waals surface area (Å²) in [5, 5.41) is 12.4. The molecule has 0 saturated carbocycles. The van der Waals surface area contributed by atoms with Crippen molar-refractivity contribution in [2.45, 2.75) is 12.5 Å². The van der Waals surface area contributed by atoms with E-state index in [1.165, 1.54) is 0 Å². The zero-order chi connectivity index (χ0) is 15.4. The fraction of sp³-hybridized carbons (Fsp3) is 0.133. The van der Waals surface area contributed by atoms with Crippen LogP contribution in [0, 0.1) is 0 Å². The second-order valence-corrected chi connectivity index (χ2v) is 5.91. The standard InChI is InChI=1S/C15H14BrClN2O2/c16-10-3-6-12(17)14(8-10)19-15(21)13(18)7-9-1-4-11(20)5-2-9/h1-6,8,13,20H,7,18H2,(H,19,21)/t13-/m1/s1.